The minimum absolute atomic E-state index is 0.359. The number of piperidine rings is 1. The van der Waals surface area contributed by atoms with Crippen LogP contribution in [0.2, 0.25) is 0 Å². The number of nitrogens with zero attached hydrogens (tertiary/aromatic N) is 2. The van der Waals surface area contributed by atoms with E-state index in [9.17, 15) is 0 Å². The zero-order valence-electron chi connectivity index (χ0n) is 10.9. The zero-order valence-corrected chi connectivity index (χ0v) is 10.9. The standard InChI is InChI=1S/C13H27N3/c1-3-12(14)9-16-10-13-6-4-5-7-15(13)8-11(16)2/h11-13H,3-10,14H2,1-2H3. The van der Waals surface area contributed by atoms with Gasteiger partial charge in [-0.15, -0.1) is 0 Å². The molecule has 2 aliphatic heterocycles. The monoisotopic (exact) mass is 225 g/mol. The number of nitrogens with two attached hydrogens (primary N) is 1. The minimum Gasteiger partial charge on any atom is -0.327 e. The summed E-state index contributed by atoms with van der Waals surface area (Å²) in [4.78, 5) is 5.31. The van der Waals surface area contributed by atoms with Crippen LogP contribution in [-0.4, -0.2) is 54.1 Å². The Morgan fingerprint density at radius 1 is 1.31 bits per heavy atom. The summed E-state index contributed by atoms with van der Waals surface area (Å²) >= 11 is 0. The molecule has 2 rings (SSSR count). The molecule has 3 nitrogen and oxygen atoms in total. The van der Waals surface area contributed by atoms with Gasteiger partial charge in [0.15, 0.2) is 0 Å². The van der Waals surface area contributed by atoms with E-state index in [-0.39, 0.29) is 0 Å². The third kappa shape index (κ3) is 2.76. The van der Waals surface area contributed by atoms with Gasteiger partial charge in [0.05, 0.1) is 0 Å². The number of fused-ring (bicyclic) bond motifs is 1. The lowest BCUT2D eigenvalue weighted by molar-refractivity contribution is 0.0125. The Bertz CT molecular complexity index is 219. The number of rotatable bonds is 3. The van der Waals surface area contributed by atoms with E-state index in [0.29, 0.717) is 12.1 Å². The van der Waals surface area contributed by atoms with Crippen LogP contribution in [0.5, 0.6) is 0 Å². The minimum atomic E-state index is 0.359. The number of piperazine rings is 1. The fourth-order valence-electron chi connectivity index (χ4n) is 3.10. The Balaban J connectivity index is 1.90. The van der Waals surface area contributed by atoms with Crippen LogP contribution >= 0.6 is 0 Å². The molecular formula is C13H27N3. The van der Waals surface area contributed by atoms with Crippen LogP contribution in [0.3, 0.4) is 0 Å². The van der Waals surface area contributed by atoms with Gasteiger partial charge in [-0.25, -0.2) is 0 Å². The van der Waals surface area contributed by atoms with Crippen LogP contribution in [0.15, 0.2) is 0 Å². The third-order valence-electron chi connectivity index (χ3n) is 4.31. The summed E-state index contributed by atoms with van der Waals surface area (Å²) in [6.07, 6.45) is 5.31. The fourth-order valence-corrected chi connectivity index (χ4v) is 3.10. The van der Waals surface area contributed by atoms with Crippen LogP contribution in [0.4, 0.5) is 0 Å². The Kier molecular flexibility index (Phi) is 4.22. The highest BCUT2D eigenvalue weighted by molar-refractivity contribution is 4.90. The van der Waals surface area contributed by atoms with Gasteiger partial charge in [-0.2, -0.15) is 0 Å². The molecule has 0 radical (unpaired) electrons. The lowest BCUT2D eigenvalue weighted by atomic mass is 9.96. The van der Waals surface area contributed by atoms with E-state index in [0.717, 1.165) is 19.0 Å². The van der Waals surface area contributed by atoms with Gasteiger partial charge < -0.3 is 5.73 Å². The van der Waals surface area contributed by atoms with Crippen molar-refractivity contribution in [1.82, 2.24) is 9.80 Å². The van der Waals surface area contributed by atoms with Gasteiger partial charge in [0.1, 0.15) is 0 Å². The molecule has 0 aliphatic carbocycles. The quantitative estimate of drug-likeness (QED) is 0.785. The second-order valence-corrected chi connectivity index (χ2v) is 5.62. The number of hydrogen-bond donors (Lipinski definition) is 1. The van der Waals surface area contributed by atoms with Crippen molar-refractivity contribution >= 4 is 0 Å². The molecule has 2 N–H and O–H groups in total. The molecule has 3 atom stereocenters. The highest BCUT2D eigenvalue weighted by Gasteiger charge is 2.32. The first-order valence-electron chi connectivity index (χ1n) is 6.94. The Labute approximate surface area is 100.0 Å². The van der Waals surface area contributed by atoms with E-state index >= 15 is 0 Å². The molecule has 0 spiro atoms. The summed E-state index contributed by atoms with van der Waals surface area (Å²) in [6, 6.07) is 1.86. The molecule has 0 aromatic rings. The highest BCUT2D eigenvalue weighted by atomic mass is 15.3. The summed E-state index contributed by atoms with van der Waals surface area (Å²) < 4.78 is 0. The molecule has 0 aromatic carbocycles. The molecule has 2 saturated heterocycles. The molecule has 0 aromatic heterocycles. The first-order chi connectivity index (χ1) is 7.70. The molecule has 2 heterocycles. The maximum Gasteiger partial charge on any atom is 0.0223 e. The predicted octanol–water partition coefficient (Wildman–Crippen LogP) is 1.28. The van der Waals surface area contributed by atoms with Crippen molar-refractivity contribution in [2.24, 2.45) is 5.73 Å². The number of hydrogen-bond acceptors (Lipinski definition) is 3. The van der Waals surface area contributed by atoms with E-state index in [1.807, 2.05) is 0 Å². The van der Waals surface area contributed by atoms with Gasteiger partial charge in [0.2, 0.25) is 0 Å². The van der Waals surface area contributed by atoms with Gasteiger partial charge >= 0.3 is 0 Å². The molecular weight excluding hydrogens is 198 g/mol. The summed E-state index contributed by atoms with van der Waals surface area (Å²) in [6.45, 7) is 9.44. The van der Waals surface area contributed by atoms with Crippen molar-refractivity contribution in [3.63, 3.8) is 0 Å². The van der Waals surface area contributed by atoms with Crippen LogP contribution in [0, 0.1) is 0 Å². The molecule has 94 valence electrons. The Hall–Kier alpha value is -0.120. The molecule has 0 bridgehead atoms. The maximum absolute atomic E-state index is 6.08. The first kappa shape index (κ1) is 12.3. The predicted molar refractivity (Wildman–Crippen MR) is 68.5 cm³/mol. The van der Waals surface area contributed by atoms with E-state index in [4.69, 9.17) is 5.73 Å². The van der Waals surface area contributed by atoms with E-state index in [1.165, 1.54) is 38.9 Å². The second-order valence-electron chi connectivity index (χ2n) is 5.62. The average molecular weight is 225 g/mol. The van der Waals surface area contributed by atoms with Crippen LogP contribution < -0.4 is 5.73 Å². The second kappa shape index (κ2) is 5.48. The topological polar surface area (TPSA) is 32.5 Å². The molecule has 3 heteroatoms. The lowest BCUT2D eigenvalue weighted by Crippen LogP contribution is -2.60. The largest absolute Gasteiger partial charge is 0.327 e. The van der Waals surface area contributed by atoms with E-state index in [2.05, 4.69) is 23.6 Å². The normalized spacial score (nSPS) is 34.7. The van der Waals surface area contributed by atoms with Crippen molar-refractivity contribution in [3.05, 3.63) is 0 Å². The SMILES string of the molecule is CCC(N)CN1CC2CCCCN2CC1C. The van der Waals surface area contributed by atoms with Crippen molar-refractivity contribution in [2.75, 3.05) is 26.2 Å². The summed E-state index contributed by atoms with van der Waals surface area (Å²) in [7, 11) is 0. The van der Waals surface area contributed by atoms with Crippen molar-refractivity contribution in [1.29, 1.82) is 0 Å². The smallest absolute Gasteiger partial charge is 0.0223 e. The fraction of sp³-hybridized carbons (Fsp3) is 1.00. The molecule has 0 amide bonds. The van der Waals surface area contributed by atoms with Gasteiger partial charge in [0.25, 0.3) is 0 Å². The average Bonchev–Trinajstić information content (AvgIpc) is 2.30. The summed E-state index contributed by atoms with van der Waals surface area (Å²) in [5.41, 5.74) is 6.08. The Morgan fingerprint density at radius 3 is 2.88 bits per heavy atom. The van der Waals surface area contributed by atoms with Gasteiger partial charge in [-0.05, 0) is 32.7 Å². The van der Waals surface area contributed by atoms with Crippen molar-refractivity contribution < 1.29 is 0 Å². The lowest BCUT2D eigenvalue weighted by Gasteiger charge is -2.48. The molecule has 3 unspecified atom stereocenters. The van der Waals surface area contributed by atoms with Gasteiger partial charge in [0, 0.05) is 37.8 Å². The first-order valence-corrected chi connectivity index (χ1v) is 6.94. The van der Waals surface area contributed by atoms with Crippen LogP contribution in [0.1, 0.15) is 39.5 Å². The molecule has 0 saturated carbocycles. The summed E-state index contributed by atoms with van der Waals surface area (Å²) in [5.74, 6) is 0. The van der Waals surface area contributed by atoms with Crippen molar-refractivity contribution in [2.45, 2.75) is 57.7 Å². The molecule has 16 heavy (non-hydrogen) atoms. The van der Waals surface area contributed by atoms with E-state index < -0.39 is 0 Å². The Morgan fingerprint density at radius 2 is 2.12 bits per heavy atom. The molecule has 2 fully saturated rings. The van der Waals surface area contributed by atoms with E-state index in [1.54, 1.807) is 0 Å². The zero-order chi connectivity index (χ0) is 11.5. The van der Waals surface area contributed by atoms with Crippen LogP contribution in [-0.2, 0) is 0 Å². The van der Waals surface area contributed by atoms with Crippen molar-refractivity contribution in [3.8, 4) is 0 Å². The van der Waals surface area contributed by atoms with Gasteiger partial charge in [-0.3, -0.25) is 9.80 Å². The highest BCUT2D eigenvalue weighted by Crippen LogP contribution is 2.23. The summed E-state index contributed by atoms with van der Waals surface area (Å²) in [5, 5.41) is 0. The maximum atomic E-state index is 6.08. The van der Waals surface area contributed by atoms with Crippen LogP contribution in [0.25, 0.3) is 0 Å². The molecule has 2 aliphatic rings. The van der Waals surface area contributed by atoms with Gasteiger partial charge in [-0.1, -0.05) is 13.3 Å². The third-order valence-corrected chi connectivity index (χ3v) is 4.31.